The van der Waals surface area contributed by atoms with Gasteiger partial charge >= 0.3 is 0 Å². The van der Waals surface area contributed by atoms with Crippen LogP contribution in [0.4, 0.5) is 11.4 Å². The first-order chi connectivity index (χ1) is 18.8. The number of halogens is 2. The van der Waals surface area contributed by atoms with Gasteiger partial charge in [-0.1, -0.05) is 48.1 Å². The average Bonchev–Trinajstić information content (AvgIpc) is 3.58. The van der Waals surface area contributed by atoms with Crippen molar-refractivity contribution in [1.29, 1.82) is 0 Å². The lowest BCUT2D eigenvalue weighted by atomic mass is 10.2. The number of anilines is 1. The maximum atomic E-state index is 12.4. The molecule has 0 saturated carbocycles. The molecule has 39 heavy (non-hydrogen) atoms. The molecule has 3 aliphatic heterocycles. The van der Waals surface area contributed by atoms with Gasteiger partial charge in [-0.05, 0) is 55.3 Å². The van der Waals surface area contributed by atoms with Crippen LogP contribution in [0.1, 0.15) is 31.2 Å². The number of carbonyl (C=O) groups is 2. The van der Waals surface area contributed by atoms with Crippen molar-refractivity contribution < 1.29 is 9.59 Å². The summed E-state index contributed by atoms with van der Waals surface area (Å²) < 4.78 is 0.526. The third-order valence-corrected chi connectivity index (χ3v) is 9.04. The van der Waals surface area contributed by atoms with Crippen LogP contribution in [0.15, 0.2) is 83.4 Å². The van der Waals surface area contributed by atoms with Crippen LogP contribution in [0.2, 0.25) is 10.0 Å². The number of nitrogens with zero attached hydrogens (tertiary/aromatic N) is 2. The number of hydrogen-bond acceptors (Lipinski definition) is 4. The molecular weight excluding hydrogens is 551 g/mol. The van der Waals surface area contributed by atoms with Gasteiger partial charge in [0, 0.05) is 64.7 Å². The summed E-state index contributed by atoms with van der Waals surface area (Å²) in [4.78, 5) is 27.4. The maximum Gasteiger partial charge on any atom is 0.247 e. The van der Waals surface area contributed by atoms with Gasteiger partial charge in [0.2, 0.25) is 11.8 Å². The molecule has 3 aliphatic rings. The van der Waals surface area contributed by atoms with Crippen LogP contribution < -0.4 is 20.0 Å². The Hall–Kier alpha value is -2.97. The number of rotatable bonds is 9. The fourth-order valence-electron chi connectivity index (χ4n) is 5.69. The molecule has 9 heteroatoms. The fraction of sp³-hybridized carbons (Fsp3) is 0.267. The third kappa shape index (κ3) is 5.41. The number of quaternary nitrogens is 1. The Labute approximate surface area is 243 Å². The van der Waals surface area contributed by atoms with E-state index in [4.69, 9.17) is 23.2 Å². The predicted molar refractivity (Wildman–Crippen MR) is 163 cm³/mol. The zero-order valence-corrected chi connectivity index (χ0v) is 23.9. The van der Waals surface area contributed by atoms with Gasteiger partial charge in [0.1, 0.15) is 11.4 Å². The molecule has 0 aromatic heterocycles. The smallest absolute Gasteiger partial charge is 0.247 e. The standard InChI is InChI=1S/C30H30Cl2N4O2S/c1-3-28(37)33-13-5-6-14-35-24-17-21(31)11-12-26(24)39-30(35)19-23-16-20-9-10-22(32)18-25(20)36(23)15-7-8-27(36)34-29(38)4-2/h3-4,9-12,16-19,27H,1-2,5-8,13-15H2,(H-,33,34,37,38)/p+1. The second-order valence-corrected chi connectivity index (χ2v) is 11.7. The van der Waals surface area contributed by atoms with Gasteiger partial charge < -0.3 is 15.5 Å². The van der Waals surface area contributed by atoms with E-state index < -0.39 is 0 Å². The monoisotopic (exact) mass is 581 g/mol. The molecule has 202 valence electrons. The van der Waals surface area contributed by atoms with E-state index in [2.05, 4.69) is 53.0 Å². The van der Waals surface area contributed by atoms with E-state index in [0.717, 1.165) is 71.3 Å². The quantitative estimate of drug-likeness (QED) is 0.198. The van der Waals surface area contributed by atoms with Gasteiger partial charge in [-0.3, -0.25) is 9.59 Å². The zero-order chi connectivity index (χ0) is 27.6. The number of unbranched alkanes of at least 4 members (excludes halogenated alkanes) is 1. The molecule has 2 aromatic rings. The van der Waals surface area contributed by atoms with Crippen molar-refractivity contribution in [2.24, 2.45) is 0 Å². The minimum atomic E-state index is -0.177. The van der Waals surface area contributed by atoms with Gasteiger partial charge in [-0.25, -0.2) is 4.48 Å². The van der Waals surface area contributed by atoms with Crippen molar-refractivity contribution >= 4 is 64.2 Å². The molecule has 6 nitrogen and oxygen atoms in total. The third-order valence-electron chi connectivity index (χ3n) is 7.46. The molecular formula is C30H31Cl2N4O2S+. The first-order valence-electron chi connectivity index (χ1n) is 13.1. The lowest BCUT2D eigenvalue weighted by Gasteiger charge is -2.38. The first-order valence-corrected chi connectivity index (χ1v) is 14.6. The van der Waals surface area contributed by atoms with Crippen LogP contribution in [-0.4, -0.2) is 37.6 Å². The fourth-order valence-corrected chi connectivity index (χ4v) is 7.13. The normalized spacial score (nSPS) is 22.0. The second kappa shape index (κ2) is 11.6. The van der Waals surface area contributed by atoms with Gasteiger partial charge in [0.15, 0.2) is 6.17 Å². The van der Waals surface area contributed by atoms with E-state index in [0.29, 0.717) is 21.1 Å². The van der Waals surface area contributed by atoms with Crippen molar-refractivity contribution in [2.45, 2.75) is 36.7 Å². The summed E-state index contributed by atoms with van der Waals surface area (Å²) in [7, 11) is 0. The minimum Gasteiger partial charge on any atom is -0.353 e. The molecule has 5 rings (SSSR count). The van der Waals surface area contributed by atoms with Crippen LogP contribution in [0.25, 0.3) is 6.08 Å². The van der Waals surface area contributed by atoms with E-state index in [-0.39, 0.29) is 18.0 Å². The summed E-state index contributed by atoms with van der Waals surface area (Å²) >= 11 is 14.6. The van der Waals surface area contributed by atoms with Gasteiger partial charge in [-0.2, -0.15) is 0 Å². The van der Waals surface area contributed by atoms with E-state index >= 15 is 0 Å². The molecule has 0 aliphatic carbocycles. The highest BCUT2D eigenvalue weighted by Gasteiger charge is 2.51. The number of carbonyl (C=O) groups excluding carboxylic acids is 2. The largest absolute Gasteiger partial charge is 0.353 e. The van der Waals surface area contributed by atoms with Crippen LogP contribution >= 0.6 is 35.0 Å². The number of thioether (sulfide) groups is 1. The molecule has 2 amide bonds. The number of amides is 2. The van der Waals surface area contributed by atoms with Crippen molar-refractivity contribution in [3.63, 3.8) is 0 Å². The molecule has 2 unspecified atom stereocenters. The van der Waals surface area contributed by atoms with E-state index in [1.807, 2.05) is 24.3 Å². The van der Waals surface area contributed by atoms with Crippen LogP contribution in [0.3, 0.4) is 0 Å². The predicted octanol–water partition coefficient (Wildman–Crippen LogP) is 6.61. The minimum absolute atomic E-state index is 0.122. The highest BCUT2D eigenvalue weighted by molar-refractivity contribution is 8.03. The number of allylic oxidation sites excluding steroid dienone is 1. The number of fused-ring (bicyclic) bond motifs is 3. The Morgan fingerprint density at radius 3 is 2.64 bits per heavy atom. The Kier molecular flexibility index (Phi) is 8.24. The Morgan fingerprint density at radius 2 is 1.85 bits per heavy atom. The second-order valence-electron chi connectivity index (χ2n) is 9.79. The molecule has 2 N–H and O–H groups in total. The van der Waals surface area contributed by atoms with Crippen molar-refractivity contribution in [2.75, 3.05) is 24.5 Å². The molecule has 3 heterocycles. The van der Waals surface area contributed by atoms with Gasteiger partial charge in [0.05, 0.1) is 17.3 Å². The maximum absolute atomic E-state index is 12.4. The van der Waals surface area contributed by atoms with Crippen LogP contribution in [0.5, 0.6) is 0 Å². The topological polar surface area (TPSA) is 61.4 Å². The summed E-state index contributed by atoms with van der Waals surface area (Å²) in [5.41, 5.74) is 4.41. The zero-order valence-electron chi connectivity index (χ0n) is 21.6. The molecule has 0 radical (unpaired) electrons. The van der Waals surface area contributed by atoms with Gasteiger partial charge in [0.25, 0.3) is 0 Å². The summed E-state index contributed by atoms with van der Waals surface area (Å²) in [6.45, 7) is 9.40. The number of hydrogen-bond donors (Lipinski definition) is 2. The molecule has 2 atom stereocenters. The van der Waals surface area contributed by atoms with Crippen LogP contribution in [0, 0.1) is 0 Å². The average molecular weight is 583 g/mol. The van der Waals surface area contributed by atoms with E-state index in [1.165, 1.54) is 12.2 Å². The molecule has 0 bridgehead atoms. The van der Waals surface area contributed by atoms with E-state index in [9.17, 15) is 9.59 Å². The number of nitrogens with one attached hydrogen (secondary N) is 2. The summed E-state index contributed by atoms with van der Waals surface area (Å²) in [6.07, 6.45) is 10.5. The molecule has 1 fully saturated rings. The van der Waals surface area contributed by atoms with Crippen LogP contribution in [-0.2, 0) is 9.59 Å². The molecule has 1 spiro atoms. The van der Waals surface area contributed by atoms with Crippen molar-refractivity contribution in [3.8, 4) is 0 Å². The summed E-state index contributed by atoms with van der Waals surface area (Å²) in [6, 6.07) is 12.0. The SMILES string of the molecule is C=CC(=O)NCCCCN1C(=CC2=Cc3ccc(Cl)cc3[N+]23CCCC3NC(=O)C=C)Sc2ccc(Cl)cc21. The highest BCUT2D eigenvalue weighted by Crippen LogP contribution is 2.51. The van der Waals surface area contributed by atoms with Crippen molar-refractivity contribution in [1.82, 2.24) is 15.1 Å². The summed E-state index contributed by atoms with van der Waals surface area (Å²) in [5.74, 6) is -0.334. The Balaban J connectivity index is 1.49. The lowest BCUT2D eigenvalue weighted by Crippen LogP contribution is -2.57. The molecule has 1 saturated heterocycles. The van der Waals surface area contributed by atoms with Gasteiger partial charge in [-0.15, -0.1) is 0 Å². The lowest BCUT2D eigenvalue weighted by molar-refractivity contribution is -0.118. The Bertz CT molecular complexity index is 1410. The highest BCUT2D eigenvalue weighted by atomic mass is 35.5. The van der Waals surface area contributed by atoms with E-state index in [1.54, 1.807) is 11.8 Å². The number of benzene rings is 2. The molecule has 2 aromatic carbocycles. The first kappa shape index (κ1) is 27.6. The Morgan fingerprint density at radius 1 is 1.08 bits per heavy atom. The van der Waals surface area contributed by atoms with Crippen molar-refractivity contribution in [3.05, 3.63) is 94.1 Å². The summed E-state index contributed by atoms with van der Waals surface area (Å²) in [5, 5.41) is 8.52.